The molecule has 1 atom stereocenters. The van der Waals surface area contributed by atoms with Crippen LogP contribution in [0.1, 0.15) is 28.9 Å². The van der Waals surface area contributed by atoms with E-state index in [1.165, 1.54) is 0 Å². The van der Waals surface area contributed by atoms with Gasteiger partial charge in [0.15, 0.2) is 0 Å². The van der Waals surface area contributed by atoms with E-state index in [4.69, 9.17) is 4.74 Å². The molecule has 3 aromatic carbocycles. The van der Waals surface area contributed by atoms with Crippen LogP contribution in [0, 0.1) is 0 Å². The average Bonchev–Trinajstić information content (AvgIpc) is 2.91. The molecule has 0 radical (unpaired) electrons. The standard InChI is InChI=1S/C29H34N4O3/c1-23(24-10-4-2-5-11-24)30-29(35)26-14-8-9-15-27(26)31-28(34)22-33-18-16-32(17-19-33)20-21-36-25-12-6-3-7-13-25/h2-15,23H,16-22H2,1H3,(H,30,35)(H,31,34). The van der Waals surface area contributed by atoms with Crippen LogP contribution in [-0.4, -0.2) is 67.5 Å². The van der Waals surface area contributed by atoms with Crippen molar-refractivity contribution in [2.24, 2.45) is 0 Å². The second-order valence-electron chi connectivity index (χ2n) is 8.98. The molecule has 1 aliphatic heterocycles. The van der Waals surface area contributed by atoms with Crippen LogP contribution >= 0.6 is 0 Å². The first-order valence-electron chi connectivity index (χ1n) is 12.5. The Morgan fingerprint density at radius 1 is 0.833 bits per heavy atom. The summed E-state index contributed by atoms with van der Waals surface area (Å²) in [5.74, 6) is 0.553. The summed E-state index contributed by atoms with van der Waals surface area (Å²) < 4.78 is 5.79. The highest BCUT2D eigenvalue weighted by Crippen LogP contribution is 2.18. The highest BCUT2D eigenvalue weighted by Gasteiger charge is 2.20. The largest absolute Gasteiger partial charge is 0.492 e. The van der Waals surface area contributed by atoms with E-state index in [9.17, 15) is 9.59 Å². The molecule has 2 N–H and O–H groups in total. The molecule has 4 rings (SSSR count). The van der Waals surface area contributed by atoms with Crippen LogP contribution < -0.4 is 15.4 Å². The number of carbonyl (C=O) groups is 2. The number of piperazine rings is 1. The Labute approximate surface area is 213 Å². The van der Waals surface area contributed by atoms with Crippen molar-refractivity contribution in [3.63, 3.8) is 0 Å². The zero-order chi connectivity index (χ0) is 25.2. The van der Waals surface area contributed by atoms with Crippen molar-refractivity contribution in [2.75, 3.05) is 51.2 Å². The third-order valence-electron chi connectivity index (χ3n) is 6.34. The summed E-state index contributed by atoms with van der Waals surface area (Å²) in [5.41, 5.74) is 2.01. The molecule has 7 nitrogen and oxygen atoms in total. The van der Waals surface area contributed by atoms with Gasteiger partial charge in [0.2, 0.25) is 5.91 Å². The van der Waals surface area contributed by atoms with Gasteiger partial charge in [-0.2, -0.15) is 0 Å². The van der Waals surface area contributed by atoms with Gasteiger partial charge in [0, 0.05) is 32.7 Å². The summed E-state index contributed by atoms with van der Waals surface area (Å²) in [6.07, 6.45) is 0. The molecule has 1 heterocycles. The molecule has 1 unspecified atom stereocenters. The van der Waals surface area contributed by atoms with Gasteiger partial charge in [0.05, 0.1) is 23.8 Å². The summed E-state index contributed by atoms with van der Waals surface area (Å²) >= 11 is 0. The molecule has 3 aromatic rings. The van der Waals surface area contributed by atoms with E-state index < -0.39 is 0 Å². The maximum absolute atomic E-state index is 12.9. The van der Waals surface area contributed by atoms with Crippen LogP contribution in [0.2, 0.25) is 0 Å². The molecule has 1 aliphatic rings. The van der Waals surface area contributed by atoms with Gasteiger partial charge in [-0.1, -0.05) is 60.7 Å². The fourth-order valence-electron chi connectivity index (χ4n) is 4.26. The Bertz CT molecular complexity index is 1120. The summed E-state index contributed by atoms with van der Waals surface area (Å²) in [7, 11) is 0. The third kappa shape index (κ3) is 7.41. The van der Waals surface area contributed by atoms with Gasteiger partial charge in [0.1, 0.15) is 12.4 Å². The normalized spacial score (nSPS) is 15.1. The van der Waals surface area contributed by atoms with Crippen molar-refractivity contribution >= 4 is 17.5 Å². The SMILES string of the molecule is CC(NC(=O)c1ccccc1NC(=O)CN1CCN(CCOc2ccccc2)CC1)c1ccccc1. The molecule has 36 heavy (non-hydrogen) atoms. The number of nitrogens with one attached hydrogen (secondary N) is 2. The predicted molar refractivity (Wildman–Crippen MR) is 142 cm³/mol. The summed E-state index contributed by atoms with van der Waals surface area (Å²) in [6, 6.07) is 26.6. The van der Waals surface area contributed by atoms with Crippen LogP contribution in [0.25, 0.3) is 0 Å². The predicted octanol–water partition coefficient (Wildman–Crippen LogP) is 3.81. The molecule has 2 amide bonds. The van der Waals surface area contributed by atoms with Crippen LogP contribution in [0.4, 0.5) is 5.69 Å². The zero-order valence-electron chi connectivity index (χ0n) is 20.7. The first-order valence-corrected chi connectivity index (χ1v) is 12.5. The maximum Gasteiger partial charge on any atom is 0.253 e. The van der Waals surface area contributed by atoms with E-state index in [1.807, 2.05) is 73.7 Å². The number of anilines is 1. The van der Waals surface area contributed by atoms with E-state index in [-0.39, 0.29) is 17.9 Å². The van der Waals surface area contributed by atoms with Crippen LogP contribution in [0.3, 0.4) is 0 Å². The quantitative estimate of drug-likeness (QED) is 0.456. The number of rotatable bonds is 10. The Balaban J connectivity index is 1.22. The van der Waals surface area contributed by atoms with Crippen molar-refractivity contribution in [2.45, 2.75) is 13.0 Å². The highest BCUT2D eigenvalue weighted by atomic mass is 16.5. The second kappa shape index (κ2) is 12.9. The number of ether oxygens (including phenoxy) is 1. The van der Waals surface area contributed by atoms with Gasteiger partial charge in [0.25, 0.3) is 5.91 Å². The zero-order valence-corrected chi connectivity index (χ0v) is 20.7. The minimum absolute atomic E-state index is 0.118. The number of nitrogens with zero attached hydrogens (tertiary/aromatic N) is 2. The third-order valence-corrected chi connectivity index (χ3v) is 6.34. The summed E-state index contributed by atoms with van der Waals surface area (Å²) in [6.45, 7) is 7.16. The molecule has 1 saturated heterocycles. The molecule has 0 aliphatic carbocycles. The number of carbonyl (C=O) groups excluding carboxylic acids is 2. The lowest BCUT2D eigenvalue weighted by atomic mass is 10.1. The fraction of sp³-hybridized carbons (Fsp3) is 0.310. The number of amides is 2. The summed E-state index contributed by atoms with van der Waals surface area (Å²) in [5, 5.41) is 5.96. The molecule has 0 bridgehead atoms. The van der Waals surface area contributed by atoms with Crippen molar-refractivity contribution in [3.05, 3.63) is 96.1 Å². The topological polar surface area (TPSA) is 73.9 Å². The molecular formula is C29H34N4O3. The van der Waals surface area contributed by atoms with Gasteiger partial charge in [-0.05, 0) is 36.8 Å². The summed E-state index contributed by atoms with van der Waals surface area (Å²) in [4.78, 5) is 30.2. The lowest BCUT2D eigenvalue weighted by Gasteiger charge is -2.34. The van der Waals surface area contributed by atoms with E-state index in [0.29, 0.717) is 24.4 Å². The van der Waals surface area contributed by atoms with E-state index >= 15 is 0 Å². The highest BCUT2D eigenvalue weighted by molar-refractivity contribution is 6.04. The Kier molecular flexibility index (Phi) is 9.08. The minimum Gasteiger partial charge on any atom is -0.492 e. The lowest BCUT2D eigenvalue weighted by Crippen LogP contribution is -2.49. The van der Waals surface area contributed by atoms with E-state index in [0.717, 1.165) is 44.0 Å². The van der Waals surface area contributed by atoms with Gasteiger partial charge >= 0.3 is 0 Å². The van der Waals surface area contributed by atoms with Crippen molar-refractivity contribution in [3.8, 4) is 5.75 Å². The second-order valence-corrected chi connectivity index (χ2v) is 8.98. The van der Waals surface area contributed by atoms with Gasteiger partial charge in [-0.3, -0.25) is 19.4 Å². The van der Waals surface area contributed by atoms with Crippen LogP contribution in [0.5, 0.6) is 5.75 Å². The van der Waals surface area contributed by atoms with Gasteiger partial charge in [-0.15, -0.1) is 0 Å². The van der Waals surface area contributed by atoms with Crippen LogP contribution in [-0.2, 0) is 4.79 Å². The number of para-hydroxylation sites is 2. The van der Waals surface area contributed by atoms with E-state index in [2.05, 4.69) is 20.4 Å². The van der Waals surface area contributed by atoms with Crippen molar-refractivity contribution in [1.29, 1.82) is 0 Å². The van der Waals surface area contributed by atoms with Crippen molar-refractivity contribution < 1.29 is 14.3 Å². The smallest absolute Gasteiger partial charge is 0.253 e. The van der Waals surface area contributed by atoms with Gasteiger partial charge in [-0.25, -0.2) is 0 Å². The number of hydrogen-bond acceptors (Lipinski definition) is 5. The lowest BCUT2D eigenvalue weighted by molar-refractivity contribution is -0.117. The Morgan fingerprint density at radius 2 is 1.44 bits per heavy atom. The average molecular weight is 487 g/mol. The molecule has 188 valence electrons. The first kappa shape index (κ1) is 25.4. The molecule has 0 saturated carbocycles. The monoisotopic (exact) mass is 486 g/mol. The molecule has 1 fully saturated rings. The number of benzene rings is 3. The Morgan fingerprint density at radius 3 is 2.17 bits per heavy atom. The fourth-order valence-corrected chi connectivity index (χ4v) is 4.26. The van der Waals surface area contributed by atoms with Gasteiger partial charge < -0.3 is 15.4 Å². The van der Waals surface area contributed by atoms with Crippen LogP contribution in [0.15, 0.2) is 84.9 Å². The molecule has 0 spiro atoms. The minimum atomic E-state index is -0.214. The Hall–Kier alpha value is -3.68. The molecule has 7 heteroatoms. The first-order chi connectivity index (χ1) is 17.6. The van der Waals surface area contributed by atoms with Crippen molar-refractivity contribution in [1.82, 2.24) is 15.1 Å². The van der Waals surface area contributed by atoms with E-state index in [1.54, 1.807) is 18.2 Å². The number of hydrogen-bond donors (Lipinski definition) is 2. The molecular weight excluding hydrogens is 452 g/mol. The maximum atomic E-state index is 12.9. The molecule has 0 aromatic heterocycles.